The van der Waals surface area contributed by atoms with Gasteiger partial charge in [0, 0.05) is 11.3 Å². The average molecular weight is 341 g/mol. The van der Waals surface area contributed by atoms with E-state index in [1.54, 1.807) is 36.4 Å². The highest BCUT2D eigenvalue weighted by Gasteiger charge is 2.11. The van der Waals surface area contributed by atoms with Crippen LogP contribution >= 0.6 is 0 Å². The number of hydrogen-bond acceptors (Lipinski definition) is 3. The third-order valence-electron chi connectivity index (χ3n) is 3.65. The SMILES string of the molecule is Cc1cccc(C(=O)Nc2ccc3cc(S(=O)(=O)O)ccc3c2)c1. The number of rotatable bonds is 3. The van der Waals surface area contributed by atoms with Crippen LogP contribution in [0.25, 0.3) is 10.8 Å². The minimum atomic E-state index is -4.23. The van der Waals surface area contributed by atoms with Crippen LogP contribution in [-0.4, -0.2) is 18.9 Å². The first-order chi connectivity index (χ1) is 11.3. The molecule has 0 radical (unpaired) electrons. The predicted molar refractivity (Wildman–Crippen MR) is 92.9 cm³/mol. The Morgan fingerprint density at radius 3 is 2.38 bits per heavy atom. The lowest BCUT2D eigenvalue weighted by atomic mass is 10.1. The van der Waals surface area contributed by atoms with Crippen molar-refractivity contribution >= 4 is 32.5 Å². The molecule has 0 saturated carbocycles. The molecule has 0 aliphatic rings. The van der Waals surface area contributed by atoms with Crippen molar-refractivity contribution < 1.29 is 17.8 Å². The van der Waals surface area contributed by atoms with Crippen LogP contribution in [0.5, 0.6) is 0 Å². The Morgan fingerprint density at radius 2 is 1.67 bits per heavy atom. The van der Waals surface area contributed by atoms with Gasteiger partial charge in [0.25, 0.3) is 16.0 Å². The summed E-state index contributed by atoms with van der Waals surface area (Å²) in [6, 6.07) is 16.7. The van der Waals surface area contributed by atoms with Crippen molar-refractivity contribution in [1.82, 2.24) is 0 Å². The number of carbonyl (C=O) groups excluding carboxylic acids is 1. The normalized spacial score (nSPS) is 11.4. The zero-order chi connectivity index (χ0) is 17.3. The Labute approximate surface area is 139 Å². The van der Waals surface area contributed by atoms with Crippen LogP contribution in [0.4, 0.5) is 5.69 Å². The van der Waals surface area contributed by atoms with Crippen molar-refractivity contribution in [3.05, 3.63) is 71.8 Å². The fraction of sp³-hybridized carbons (Fsp3) is 0.0556. The zero-order valence-corrected chi connectivity index (χ0v) is 13.7. The number of amides is 1. The van der Waals surface area contributed by atoms with E-state index in [1.807, 2.05) is 19.1 Å². The molecule has 0 spiro atoms. The van der Waals surface area contributed by atoms with Gasteiger partial charge in [-0.3, -0.25) is 9.35 Å². The van der Waals surface area contributed by atoms with Crippen molar-refractivity contribution in [3.63, 3.8) is 0 Å². The summed E-state index contributed by atoms with van der Waals surface area (Å²) in [5, 5.41) is 4.22. The fourth-order valence-electron chi connectivity index (χ4n) is 2.45. The Balaban J connectivity index is 1.90. The van der Waals surface area contributed by atoms with Crippen LogP contribution in [0.2, 0.25) is 0 Å². The summed E-state index contributed by atoms with van der Waals surface area (Å²) >= 11 is 0. The molecule has 122 valence electrons. The molecule has 3 rings (SSSR count). The zero-order valence-electron chi connectivity index (χ0n) is 12.9. The molecule has 0 atom stereocenters. The Morgan fingerprint density at radius 1 is 0.958 bits per heavy atom. The van der Waals surface area contributed by atoms with Gasteiger partial charge in [0.2, 0.25) is 0 Å². The van der Waals surface area contributed by atoms with Gasteiger partial charge in [-0.05, 0) is 54.1 Å². The van der Waals surface area contributed by atoms with E-state index in [-0.39, 0.29) is 10.8 Å². The van der Waals surface area contributed by atoms with Gasteiger partial charge in [-0.15, -0.1) is 0 Å². The molecule has 2 N–H and O–H groups in total. The number of aryl methyl sites for hydroxylation is 1. The lowest BCUT2D eigenvalue weighted by Gasteiger charge is -2.08. The molecule has 0 saturated heterocycles. The van der Waals surface area contributed by atoms with Crippen LogP contribution in [0, 0.1) is 6.92 Å². The maximum absolute atomic E-state index is 12.3. The summed E-state index contributed by atoms with van der Waals surface area (Å²) in [5.74, 6) is -0.215. The average Bonchev–Trinajstić information content (AvgIpc) is 2.53. The molecule has 5 nitrogen and oxygen atoms in total. The molecular formula is C18H15NO4S. The molecule has 3 aromatic carbocycles. The maximum atomic E-state index is 12.3. The quantitative estimate of drug-likeness (QED) is 0.712. The first kappa shape index (κ1) is 16.2. The molecule has 6 heteroatoms. The number of anilines is 1. The van der Waals surface area contributed by atoms with Crippen LogP contribution in [0.3, 0.4) is 0 Å². The van der Waals surface area contributed by atoms with Gasteiger partial charge in [0.05, 0.1) is 4.90 Å². The highest BCUT2D eigenvalue weighted by Crippen LogP contribution is 2.23. The number of fused-ring (bicyclic) bond motifs is 1. The summed E-state index contributed by atoms with van der Waals surface area (Å²) in [5.41, 5.74) is 2.17. The van der Waals surface area contributed by atoms with Crippen molar-refractivity contribution in [2.45, 2.75) is 11.8 Å². The van der Waals surface area contributed by atoms with Gasteiger partial charge >= 0.3 is 0 Å². The molecule has 0 bridgehead atoms. The van der Waals surface area contributed by atoms with Crippen molar-refractivity contribution in [2.75, 3.05) is 5.32 Å². The third kappa shape index (κ3) is 3.45. The molecule has 1 amide bonds. The van der Waals surface area contributed by atoms with Crippen LogP contribution in [0.1, 0.15) is 15.9 Å². The lowest BCUT2D eigenvalue weighted by Crippen LogP contribution is -2.11. The van der Waals surface area contributed by atoms with Gasteiger partial charge < -0.3 is 5.32 Å². The molecule has 0 aliphatic carbocycles. The topological polar surface area (TPSA) is 83.5 Å². The molecule has 0 heterocycles. The monoisotopic (exact) mass is 341 g/mol. The lowest BCUT2D eigenvalue weighted by molar-refractivity contribution is 0.102. The first-order valence-corrected chi connectivity index (χ1v) is 8.66. The predicted octanol–water partition coefficient (Wildman–Crippen LogP) is 3.65. The molecular weight excluding hydrogens is 326 g/mol. The first-order valence-electron chi connectivity index (χ1n) is 7.22. The van der Waals surface area contributed by atoms with E-state index in [0.717, 1.165) is 10.9 Å². The minimum absolute atomic E-state index is 0.161. The molecule has 0 fully saturated rings. The standard InChI is InChI=1S/C18H15NO4S/c1-12-3-2-4-15(9-12)18(20)19-16-7-5-14-11-17(24(21,22)23)8-6-13(14)10-16/h2-11H,1H3,(H,19,20)(H,21,22,23). The Bertz CT molecular complexity index is 1040. The number of nitrogens with one attached hydrogen (secondary N) is 1. The Hall–Kier alpha value is -2.70. The van der Waals surface area contributed by atoms with E-state index in [4.69, 9.17) is 4.55 Å². The Kier molecular flexibility index (Phi) is 4.09. The second kappa shape index (κ2) is 6.07. The van der Waals surface area contributed by atoms with Gasteiger partial charge in [0.15, 0.2) is 0 Å². The van der Waals surface area contributed by atoms with Crippen molar-refractivity contribution in [3.8, 4) is 0 Å². The third-order valence-corrected chi connectivity index (χ3v) is 4.50. The minimum Gasteiger partial charge on any atom is -0.322 e. The van der Waals surface area contributed by atoms with Gasteiger partial charge in [0.1, 0.15) is 0 Å². The maximum Gasteiger partial charge on any atom is 0.294 e. The molecule has 0 unspecified atom stereocenters. The highest BCUT2D eigenvalue weighted by atomic mass is 32.2. The molecule has 24 heavy (non-hydrogen) atoms. The second-order valence-electron chi connectivity index (χ2n) is 5.52. The fourth-order valence-corrected chi connectivity index (χ4v) is 2.97. The van der Waals surface area contributed by atoms with E-state index in [1.165, 1.54) is 12.1 Å². The smallest absolute Gasteiger partial charge is 0.294 e. The van der Waals surface area contributed by atoms with E-state index in [0.29, 0.717) is 16.6 Å². The van der Waals surface area contributed by atoms with Crippen LogP contribution in [-0.2, 0) is 10.1 Å². The van der Waals surface area contributed by atoms with E-state index in [2.05, 4.69) is 5.32 Å². The molecule has 3 aromatic rings. The summed E-state index contributed by atoms with van der Waals surface area (Å²) < 4.78 is 31.4. The van der Waals surface area contributed by atoms with Crippen LogP contribution < -0.4 is 5.32 Å². The summed E-state index contributed by atoms with van der Waals surface area (Å²) in [6.07, 6.45) is 0. The number of benzene rings is 3. The van der Waals surface area contributed by atoms with Gasteiger partial charge in [-0.25, -0.2) is 0 Å². The van der Waals surface area contributed by atoms with Gasteiger partial charge in [-0.2, -0.15) is 8.42 Å². The van der Waals surface area contributed by atoms with E-state index >= 15 is 0 Å². The van der Waals surface area contributed by atoms with Gasteiger partial charge in [-0.1, -0.05) is 29.8 Å². The van der Waals surface area contributed by atoms with Crippen LogP contribution in [0.15, 0.2) is 65.6 Å². The van der Waals surface area contributed by atoms with E-state index < -0.39 is 10.1 Å². The molecule has 0 aromatic heterocycles. The van der Waals surface area contributed by atoms with Crippen molar-refractivity contribution in [2.24, 2.45) is 0 Å². The second-order valence-corrected chi connectivity index (χ2v) is 6.94. The largest absolute Gasteiger partial charge is 0.322 e. The van der Waals surface area contributed by atoms with E-state index in [9.17, 15) is 13.2 Å². The summed E-state index contributed by atoms with van der Waals surface area (Å²) in [6.45, 7) is 1.92. The highest BCUT2D eigenvalue weighted by molar-refractivity contribution is 7.85. The number of carbonyl (C=O) groups is 1. The van der Waals surface area contributed by atoms with Crippen molar-refractivity contribution in [1.29, 1.82) is 0 Å². The summed E-state index contributed by atoms with van der Waals surface area (Å²) in [4.78, 5) is 12.1. The molecule has 0 aliphatic heterocycles. The summed E-state index contributed by atoms with van der Waals surface area (Å²) in [7, 11) is -4.23. The number of hydrogen-bond donors (Lipinski definition) is 2.